The highest BCUT2D eigenvalue weighted by atomic mass is 19.1. The van der Waals surface area contributed by atoms with Crippen molar-refractivity contribution in [2.24, 2.45) is 0 Å². The third-order valence-electron chi connectivity index (χ3n) is 2.96. The van der Waals surface area contributed by atoms with E-state index in [1.165, 1.54) is 16.8 Å². The molecule has 21 heavy (non-hydrogen) atoms. The number of anilines is 1. The standard InChI is InChI=1S/C14H12FN5O/c1-21-13-7-9(6-11(16)8-13)14-17-18-19-20(14)12-4-2-10(15)3-5-12/h2-8H,16H2,1H3. The summed E-state index contributed by atoms with van der Waals surface area (Å²) in [5, 5.41) is 11.6. The van der Waals surface area contributed by atoms with Gasteiger partial charge in [-0.3, -0.25) is 0 Å². The second-order valence-electron chi connectivity index (χ2n) is 4.39. The van der Waals surface area contributed by atoms with Gasteiger partial charge in [-0.05, 0) is 46.8 Å². The fourth-order valence-corrected chi connectivity index (χ4v) is 1.99. The van der Waals surface area contributed by atoms with Crippen LogP contribution in [0, 0.1) is 5.82 Å². The van der Waals surface area contributed by atoms with Gasteiger partial charge in [0.2, 0.25) is 0 Å². The zero-order valence-electron chi connectivity index (χ0n) is 11.2. The van der Waals surface area contributed by atoms with Gasteiger partial charge in [0.1, 0.15) is 11.6 Å². The third kappa shape index (κ3) is 2.53. The molecule has 0 saturated carbocycles. The van der Waals surface area contributed by atoms with Crippen molar-refractivity contribution in [3.05, 3.63) is 48.3 Å². The number of halogens is 1. The molecule has 0 saturated heterocycles. The number of aromatic nitrogens is 4. The lowest BCUT2D eigenvalue weighted by Crippen LogP contribution is -2.00. The Morgan fingerprint density at radius 1 is 1.14 bits per heavy atom. The van der Waals surface area contributed by atoms with Crippen LogP contribution in [0.5, 0.6) is 5.75 Å². The molecular weight excluding hydrogens is 273 g/mol. The quantitative estimate of drug-likeness (QED) is 0.745. The number of benzene rings is 2. The van der Waals surface area contributed by atoms with E-state index in [1.54, 1.807) is 37.4 Å². The second kappa shape index (κ2) is 5.20. The minimum absolute atomic E-state index is 0.320. The number of methoxy groups -OCH3 is 1. The van der Waals surface area contributed by atoms with E-state index in [-0.39, 0.29) is 5.82 Å². The largest absolute Gasteiger partial charge is 0.497 e. The number of nitrogens with two attached hydrogens (primary N) is 1. The molecule has 7 heteroatoms. The molecule has 0 aliphatic rings. The van der Waals surface area contributed by atoms with Crippen LogP contribution in [0.2, 0.25) is 0 Å². The number of ether oxygens (including phenoxy) is 1. The Labute approximate surface area is 120 Å². The van der Waals surface area contributed by atoms with Crippen LogP contribution >= 0.6 is 0 Å². The maximum absolute atomic E-state index is 13.0. The highest BCUT2D eigenvalue weighted by Crippen LogP contribution is 2.26. The highest BCUT2D eigenvalue weighted by Gasteiger charge is 2.12. The van der Waals surface area contributed by atoms with E-state index in [4.69, 9.17) is 10.5 Å². The lowest BCUT2D eigenvalue weighted by Gasteiger charge is -2.07. The summed E-state index contributed by atoms with van der Waals surface area (Å²) in [6, 6.07) is 11.1. The molecule has 6 nitrogen and oxygen atoms in total. The summed E-state index contributed by atoms with van der Waals surface area (Å²) < 4.78 is 19.7. The summed E-state index contributed by atoms with van der Waals surface area (Å²) in [6.45, 7) is 0. The fraction of sp³-hybridized carbons (Fsp3) is 0.0714. The number of hydrogen-bond acceptors (Lipinski definition) is 5. The number of nitrogens with zero attached hydrogens (tertiary/aromatic N) is 4. The first-order valence-corrected chi connectivity index (χ1v) is 6.16. The molecular formula is C14H12FN5O. The van der Waals surface area contributed by atoms with Gasteiger partial charge in [0, 0.05) is 17.3 Å². The first-order chi connectivity index (χ1) is 10.2. The number of tetrazole rings is 1. The van der Waals surface area contributed by atoms with Gasteiger partial charge >= 0.3 is 0 Å². The van der Waals surface area contributed by atoms with Crippen LogP contribution < -0.4 is 10.5 Å². The normalized spacial score (nSPS) is 10.6. The molecule has 106 valence electrons. The fourth-order valence-electron chi connectivity index (χ4n) is 1.99. The Morgan fingerprint density at radius 2 is 1.90 bits per heavy atom. The van der Waals surface area contributed by atoms with Crippen molar-refractivity contribution in [3.63, 3.8) is 0 Å². The zero-order chi connectivity index (χ0) is 14.8. The van der Waals surface area contributed by atoms with Crippen LogP contribution in [0.1, 0.15) is 0 Å². The molecule has 1 heterocycles. The zero-order valence-corrected chi connectivity index (χ0v) is 11.2. The Morgan fingerprint density at radius 3 is 2.62 bits per heavy atom. The van der Waals surface area contributed by atoms with E-state index in [9.17, 15) is 4.39 Å². The smallest absolute Gasteiger partial charge is 0.187 e. The Kier molecular flexibility index (Phi) is 3.23. The molecule has 0 aliphatic carbocycles. The van der Waals surface area contributed by atoms with E-state index in [0.717, 1.165) is 0 Å². The Hall–Kier alpha value is -2.96. The summed E-state index contributed by atoms with van der Waals surface area (Å²) in [5.41, 5.74) is 7.74. The Balaban J connectivity index is 2.10. The topological polar surface area (TPSA) is 78.8 Å². The molecule has 1 aromatic heterocycles. The number of nitrogen functional groups attached to an aromatic ring is 1. The molecule has 0 aliphatic heterocycles. The van der Waals surface area contributed by atoms with Crippen molar-refractivity contribution >= 4 is 5.69 Å². The molecule has 2 aromatic carbocycles. The first kappa shape index (κ1) is 13.0. The lowest BCUT2D eigenvalue weighted by atomic mass is 10.1. The first-order valence-electron chi connectivity index (χ1n) is 6.16. The average molecular weight is 285 g/mol. The average Bonchev–Trinajstić information content (AvgIpc) is 2.97. The number of hydrogen-bond donors (Lipinski definition) is 1. The van der Waals surface area contributed by atoms with Crippen molar-refractivity contribution in [1.29, 1.82) is 0 Å². The van der Waals surface area contributed by atoms with Crippen molar-refractivity contribution in [3.8, 4) is 22.8 Å². The van der Waals surface area contributed by atoms with E-state index >= 15 is 0 Å². The van der Waals surface area contributed by atoms with Gasteiger partial charge in [-0.15, -0.1) is 5.10 Å². The molecule has 3 aromatic rings. The van der Waals surface area contributed by atoms with E-state index in [2.05, 4.69) is 15.5 Å². The summed E-state index contributed by atoms with van der Waals surface area (Å²) in [4.78, 5) is 0. The van der Waals surface area contributed by atoms with E-state index in [1.807, 2.05) is 0 Å². The molecule has 3 rings (SSSR count). The van der Waals surface area contributed by atoms with Crippen LogP contribution in [0.4, 0.5) is 10.1 Å². The minimum atomic E-state index is -0.320. The van der Waals surface area contributed by atoms with E-state index < -0.39 is 0 Å². The molecule has 0 spiro atoms. The monoisotopic (exact) mass is 285 g/mol. The molecule has 0 amide bonds. The predicted octanol–water partition coefficient (Wildman–Crippen LogP) is 2.06. The number of rotatable bonds is 3. The maximum Gasteiger partial charge on any atom is 0.187 e. The van der Waals surface area contributed by atoms with Crippen molar-refractivity contribution in [1.82, 2.24) is 20.2 Å². The summed E-state index contributed by atoms with van der Waals surface area (Å²) in [5.74, 6) is 0.782. The van der Waals surface area contributed by atoms with Gasteiger partial charge in [-0.1, -0.05) is 0 Å². The summed E-state index contributed by atoms with van der Waals surface area (Å²) in [7, 11) is 1.56. The van der Waals surface area contributed by atoms with E-state index in [0.29, 0.717) is 28.5 Å². The van der Waals surface area contributed by atoms with Crippen LogP contribution in [-0.4, -0.2) is 27.3 Å². The van der Waals surface area contributed by atoms with Crippen molar-refractivity contribution in [2.75, 3.05) is 12.8 Å². The van der Waals surface area contributed by atoms with Crippen molar-refractivity contribution in [2.45, 2.75) is 0 Å². The lowest BCUT2D eigenvalue weighted by molar-refractivity contribution is 0.415. The summed E-state index contributed by atoms with van der Waals surface area (Å²) in [6.07, 6.45) is 0. The van der Waals surface area contributed by atoms with Gasteiger partial charge in [0.25, 0.3) is 0 Å². The predicted molar refractivity (Wildman–Crippen MR) is 75.5 cm³/mol. The Bertz CT molecular complexity index is 769. The van der Waals surface area contributed by atoms with Gasteiger partial charge in [-0.25, -0.2) is 4.39 Å². The molecule has 2 N–H and O–H groups in total. The highest BCUT2D eigenvalue weighted by molar-refractivity contribution is 5.65. The van der Waals surface area contributed by atoms with Gasteiger partial charge < -0.3 is 10.5 Å². The second-order valence-corrected chi connectivity index (χ2v) is 4.39. The van der Waals surface area contributed by atoms with Crippen LogP contribution in [0.25, 0.3) is 17.1 Å². The van der Waals surface area contributed by atoms with Crippen LogP contribution in [0.3, 0.4) is 0 Å². The minimum Gasteiger partial charge on any atom is -0.497 e. The van der Waals surface area contributed by atoms with Gasteiger partial charge in [0.05, 0.1) is 12.8 Å². The van der Waals surface area contributed by atoms with Crippen LogP contribution in [0.15, 0.2) is 42.5 Å². The van der Waals surface area contributed by atoms with Crippen LogP contribution in [-0.2, 0) is 0 Å². The van der Waals surface area contributed by atoms with Gasteiger partial charge in [-0.2, -0.15) is 4.68 Å². The molecule has 0 bridgehead atoms. The third-order valence-corrected chi connectivity index (χ3v) is 2.96. The summed E-state index contributed by atoms with van der Waals surface area (Å²) >= 11 is 0. The van der Waals surface area contributed by atoms with Gasteiger partial charge in [0.15, 0.2) is 5.82 Å². The van der Waals surface area contributed by atoms with Crippen molar-refractivity contribution < 1.29 is 9.13 Å². The molecule has 0 fully saturated rings. The SMILES string of the molecule is COc1cc(N)cc(-c2nnnn2-c2ccc(F)cc2)c1. The molecule has 0 atom stereocenters. The molecule has 0 radical (unpaired) electrons. The molecule has 0 unspecified atom stereocenters. The maximum atomic E-state index is 13.0.